The van der Waals surface area contributed by atoms with Crippen LogP contribution >= 0.6 is 0 Å². The maximum Gasteiger partial charge on any atom is 0.224 e. The summed E-state index contributed by atoms with van der Waals surface area (Å²) < 4.78 is 26.2. The van der Waals surface area contributed by atoms with E-state index in [2.05, 4.69) is 43.4 Å². The molecule has 1 saturated heterocycles. The minimum absolute atomic E-state index is 0.0487. The van der Waals surface area contributed by atoms with E-state index in [1.807, 2.05) is 18.2 Å². The van der Waals surface area contributed by atoms with Crippen LogP contribution in [-0.4, -0.2) is 44.0 Å². The molecule has 1 aliphatic heterocycles. The highest BCUT2D eigenvalue weighted by molar-refractivity contribution is 7.89. The zero-order valence-electron chi connectivity index (χ0n) is 16.7. The molecule has 1 fully saturated rings. The number of benzene rings is 2. The predicted molar refractivity (Wildman–Crippen MR) is 113 cm³/mol. The van der Waals surface area contributed by atoms with Crippen molar-refractivity contribution in [3.05, 3.63) is 59.2 Å². The van der Waals surface area contributed by atoms with Gasteiger partial charge in [0.1, 0.15) is 0 Å². The monoisotopic (exact) mass is 400 g/mol. The molecule has 3 rings (SSSR count). The van der Waals surface area contributed by atoms with Crippen molar-refractivity contribution >= 4 is 15.9 Å². The van der Waals surface area contributed by atoms with Crippen LogP contribution in [0.5, 0.6) is 0 Å². The fourth-order valence-corrected chi connectivity index (χ4v) is 4.94. The Morgan fingerprint density at radius 3 is 2.57 bits per heavy atom. The number of nitrogens with one attached hydrogen (secondary N) is 1. The molecule has 6 heteroatoms. The zero-order valence-corrected chi connectivity index (χ0v) is 17.6. The number of nitrogens with zero attached hydrogens (tertiary/aromatic N) is 1. The molecule has 1 N–H and O–H groups in total. The predicted octanol–water partition coefficient (Wildman–Crippen LogP) is 2.91. The van der Waals surface area contributed by atoms with Gasteiger partial charge in [-0.3, -0.25) is 4.79 Å². The van der Waals surface area contributed by atoms with Crippen molar-refractivity contribution in [3.8, 4) is 11.1 Å². The Bertz CT molecular complexity index is 969. The van der Waals surface area contributed by atoms with Crippen LogP contribution in [-0.2, 0) is 21.2 Å². The summed E-state index contributed by atoms with van der Waals surface area (Å²) >= 11 is 0. The quantitative estimate of drug-likeness (QED) is 0.839. The Hall–Kier alpha value is -2.18. The zero-order chi connectivity index (χ0) is 20.3. The van der Waals surface area contributed by atoms with E-state index in [1.54, 1.807) is 6.92 Å². The molecular formula is C22H28N2O3S. The number of rotatable bonds is 5. The maximum atomic E-state index is 12.6. The van der Waals surface area contributed by atoms with Gasteiger partial charge in [-0.15, -0.1) is 0 Å². The van der Waals surface area contributed by atoms with Crippen molar-refractivity contribution in [2.24, 2.45) is 5.92 Å². The smallest absolute Gasteiger partial charge is 0.224 e. The molecule has 0 saturated carbocycles. The van der Waals surface area contributed by atoms with Crippen LogP contribution < -0.4 is 5.32 Å². The van der Waals surface area contributed by atoms with Gasteiger partial charge in [0.25, 0.3) is 0 Å². The Balaban J connectivity index is 1.93. The highest BCUT2D eigenvalue weighted by atomic mass is 32.2. The summed E-state index contributed by atoms with van der Waals surface area (Å²) in [5, 5.41) is 2.87. The molecule has 0 aliphatic carbocycles. The van der Waals surface area contributed by atoms with Crippen molar-refractivity contribution in [2.45, 2.75) is 27.2 Å². The molecule has 2 aromatic carbocycles. The number of hydrogen-bond acceptors (Lipinski definition) is 3. The van der Waals surface area contributed by atoms with E-state index in [-0.39, 0.29) is 18.2 Å². The molecule has 1 aliphatic rings. The van der Waals surface area contributed by atoms with Crippen molar-refractivity contribution < 1.29 is 13.2 Å². The second-order valence-electron chi connectivity index (χ2n) is 7.43. The van der Waals surface area contributed by atoms with E-state index in [0.717, 1.165) is 16.7 Å². The van der Waals surface area contributed by atoms with Crippen molar-refractivity contribution in [1.29, 1.82) is 0 Å². The van der Waals surface area contributed by atoms with Gasteiger partial charge in [0.2, 0.25) is 15.9 Å². The fraction of sp³-hybridized carbons (Fsp3) is 0.409. The minimum Gasteiger partial charge on any atom is -0.354 e. The van der Waals surface area contributed by atoms with Gasteiger partial charge in [-0.2, -0.15) is 4.31 Å². The molecular weight excluding hydrogens is 372 g/mol. The van der Waals surface area contributed by atoms with Crippen LogP contribution in [0.3, 0.4) is 0 Å². The molecule has 0 radical (unpaired) electrons. The van der Waals surface area contributed by atoms with Gasteiger partial charge in [-0.1, -0.05) is 48.0 Å². The summed E-state index contributed by atoms with van der Waals surface area (Å²) in [7, 11) is -3.33. The van der Waals surface area contributed by atoms with Crippen molar-refractivity contribution in [1.82, 2.24) is 9.62 Å². The number of hydrogen-bond donors (Lipinski definition) is 1. The molecule has 1 amide bonds. The number of carbonyl (C=O) groups excluding carboxylic acids is 1. The van der Waals surface area contributed by atoms with Crippen molar-refractivity contribution in [2.75, 3.05) is 25.4 Å². The van der Waals surface area contributed by atoms with Crippen LogP contribution in [0.15, 0.2) is 42.5 Å². The third-order valence-electron chi connectivity index (χ3n) is 5.37. The van der Waals surface area contributed by atoms with Gasteiger partial charge in [0, 0.05) is 19.6 Å². The fourth-order valence-electron chi connectivity index (χ4n) is 3.80. The summed E-state index contributed by atoms with van der Waals surface area (Å²) in [6.07, 6.45) is 0.505. The second-order valence-corrected chi connectivity index (χ2v) is 9.68. The molecule has 1 heterocycles. The van der Waals surface area contributed by atoms with Gasteiger partial charge < -0.3 is 5.32 Å². The average Bonchev–Trinajstić information content (AvgIpc) is 2.85. The molecule has 28 heavy (non-hydrogen) atoms. The molecule has 0 spiro atoms. The van der Waals surface area contributed by atoms with Crippen LogP contribution in [0.25, 0.3) is 11.1 Å². The largest absolute Gasteiger partial charge is 0.354 e. The first-order valence-electron chi connectivity index (χ1n) is 9.73. The lowest BCUT2D eigenvalue weighted by Gasteiger charge is -2.23. The molecule has 2 aromatic rings. The molecule has 1 atom stereocenters. The Morgan fingerprint density at radius 2 is 1.86 bits per heavy atom. The first-order chi connectivity index (χ1) is 13.3. The Labute approximate surface area is 167 Å². The van der Waals surface area contributed by atoms with Gasteiger partial charge >= 0.3 is 0 Å². The summed E-state index contributed by atoms with van der Waals surface area (Å²) in [5.74, 6) is -0.437. The van der Waals surface area contributed by atoms with E-state index in [1.165, 1.54) is 15.4 Å². The number of amides is 1. The van der Waals surface area contributed by atoms with E-state index in [4.69, 9.17) is 0 Å². The average molecular weight is 401 g/mol. The van der Waals surface area contributed by atoms with Crippen LogP contribution in [0.1, 0.15) is 23.6 Å². The van der Waals surface area contributed by atoms with Crippen LogP contribution in [0.4, 0.5) is 0 Å². The summed E-state index contributed by atoms with van der Waals surface area (Å²) in [6.45, 7) is 6.71. The van der Waals surface area contributed by atoms with Gasteiger partial charge in [0.05, 0.1) is 11.7 Å². The lowest BCUT2D eigenvalue weighted by atomic mass is 9.89. The molecule has 1 unspecified atom stereocenters. The molecule has 5 nitrogen and oxygen atoms in total. The normalized spacial score (nSPS) is 18.5. The van der Waals surface area contributed by atoms with Gasteiger partial charge in [-0.25, -0.2) is 8.42 Å². The topological polar surface area (TPSA) is 66.5 Å². The summed E-state index contributed by atoms with van der Waals surface area (Å²) in [4.78, 5) is 12.6. The van der Waals surface area contributed by atoms with Crippen molar-refractivity contribution in [3.63, 3.8) is 0 Å². The van der Waals surface area contributed by atoms with E-state index in [0.29, 0.717) is 19.5 Å². The maximum absolute atomic E-state index is 12.6. The number of carbonyl (C=O) groups is 1. The second kappa shape index (κ2) is 8.45. The van der Waals surface area contributed by atoms with Gasteiger partial charge in [0.15, 0.2) is 0 Å². The molecule has 150 valence electrons. The molecule has 0 bridgehead atoms. The minimum atomic E-state index is -3.33. The summed E-state index contributed by atoms with van der Waals surface area (Å²) in [5.41, 5.74) is 5.70. The lowest BCUT2D eigenvalue weighted by molar-refractivity contribution is -0.124. The number of sulfonamides is 1. The van der Waals surface area contributed by atoms with Gasteiger partial charge in [-0.05, 0) is 49.4 Å². The molecule has 0 aromatic heterocycles. The van der Waals surface area contributed by atoms with E-state index >= 15 is 0 Å². The first-order valence-corrected chi connectivity index (χ1v) is 11.3. The number of aryl methyl sites for hydroxylation is 2. The third kappa shape index (κ3) is 4.45. The third-order valence-corrected chi connectivity index (χ3v) is 7.22. The summed E-state index contributed by atoms with van der Waals surface area (Å²) in [6, 6.07) is 14.4. The van der Waals surface area contributed by atoms with E-state index < -0.39 is 15.9 Å². The highest BCUT2D eigenvalue weighted by Gasteiger charge is 2.31. The lowest BCUT2D eigenvalue weighted by Crippen LogP contribution is -2.38. The van der Waals surface area contributed by atoms with Crippen LogP contribution in [0.2, 0.25) is 0 Å². The highest BCUT2D eigenvalue weighted by Crippen LogP contribution is 2.29. The Kier molecular flexibility index (Phi) is 6.20. The first kappa shape index (κ1) is 20.6. The van der Waals surface area contributed by atoms with E-state index in [9.17, 15) is 13.2 Å². The van der Waals surface area contributed by atoms with Crippen LogP contribution in [0, 0.1) is 19.8 Å². The standard InChI is InChI=1S/C22H28N2O3S/c1-4-28(26,27)24-12-11-23-22(25)19(15-24)14-18-7-5-6-8-21(18)20-10-9-16(2)13-17(20)3/h5-10,13,19H,4,11-12,14-15H2,1-3H3,(H,23,25). The Morgan fingerprint density at radius 1 is 1.11 bits per heavy atom. The SMILES string of the molecule is CCS(=O)(=O)N1CCNC(=O)C(Cc2ccccc2-c2ccc(C)cc2C)C1.